The Kier molecular flexibility index (Phi) is 5.90. The fourth-order valence-electron chi connectivity index (χ4n) is 1.33. The molecule has 0 amide bonds. The van der Waals surface area contributed by atoms with Crippen molar-refractivity contribution >= 4 is 21.7 Å². The van der Waals surface area contributed by atoms with E-state index < -0.39 is 4.92 Å². The lowest BCUT2D eigenvalue weighted by Gasteiger charge is -2.10. The van der Waals surface area contributed by atoms with E-state index in [1.54, 1.807) is 12.1 Å². The van der Waals surface area contributed by atoms with Crippen LogP contribution in [0, 0.1) is 16.0 Å². The number of rotatable bonds is 7. The van der Waals surface area contributed by atoms with Gasteiger partial charge in [-0.3, -0.25) is 0 Å². The second kappa shape index (κ2) is 7.21. The van der Waals surface area contributed by atoms with Crippen LogP contribution in [0.2, 0.25) is 0 Å². The summed E-state index contributed by atoms with van der Waals surface area (Å²) in [4.78, 5) is 13.8. The van der Waals surface area contributed by atoms with Crippen molar-refractivity contribution in [2.45, 2.75) is 19.8 Å². The number of pyridine rings is 1. The van der Waals surface area contributed by atoms with Crippen LogP contribution < -0.4 is 4.74 Å². The lowest BCUT2D eigenvalue weighted by Crippen LogP contribution is -2.06. The fraction of sp³-hybridized carbons (Fsp3) is 0.545. The molecule has 17 heavy (non-hydrogen) atoms. The van der Waals surface area contributed by atoms with E-state index in [1.807, 2.05) is 0 Å². The minimum absolute atomic E-state index is 0.222. The quantitative estimate of drug-likeness (QED) is 0.441. The molecule has 5 nitrogen and oxygen atoms in total. The van der Waals surface area contributed by atoms with Crippen LogP contribution in [0.4, 0.5) is 5.82 Å². The summed E-state index contributed by atoms with van der Waals surface area (Å²) in [7, 11) is 0. The largest absolute Gasteiger partial charge is 0.486 e. The minimum Gasteiger partial charge on any atom is -0.486 e. The van der Waals surface area contributed by atoms with Crippen LogP contribution in [0.15, 0.2) is 18.3 Å². The number of nitrogens with zero attached hydrogens (tertiary/aromatic N) is 2. The van der Waals surface area contributed by atoms with Gasteiger partial charge in [-0.2, -0.15) is 0 Å². The van der Waals surface area contributed by atoms with Gasteiger partial charge in [0.15, 0.2) is 0 Å². The zero-order valence-corrected chi connectivity index (χ0v) is 11.2. The van der Waals surface area contributed by atoms with Gasteiger partial charge in [-0.25, -0.2) is 0 Å². The number of halogens is 1. The highest BCUT2D eigenvalue weighted by Crippen LogP contribution is 2.23. The normalized spacial score (nSPS) is 12.1. The first-order valence-corrected chi connectivity index (χ1v) is 6.55. The van der Waals surface area contributed by atoms with Gasteiger partial charge in [0.1, 0.15) is 6.20 Å². The van der Waals surface area contributed by atoms with Gasteiger partial charge in [0, 0.05) is 5.33 Å². The summed E-state index contributed by atoms with van der Waals surface area (Å²) in [5.74, 6) is 0.550. The van der Waals surface area contributed by atoms with E-state index in [2.05, 4.69) is 27.8 Å². The zero-order valence-electron chi connectivity index (χ0n) is 9.63. The van der Waals surface area contributed by atoms with Crippen molar-refractivity contribution in [2.75, 3.05) is 11.9 Å². The summed E-state index contributed by atoms with van der Waals surface area (Å²) in [5, 5.41) is 11.6. The third-order valence-corrected chi connectivity index (χ3v) is 2.85. The zero-order chi connectivity index (χ0) is 12.7. The van der Waals surface area contributed by atoms with Crippen molar-refractivity contribution in [1.29, 1.82) is 0 Å². The van der Waals surface area contributed by atoms with Gasteiger partial charge >= 0.3 is 5.82 Å². The van der Waals surface area contributed by atoms with E-state index in [4.69, 9.17) is 4.74 Å². The molecule has 0 radical (unpaired) electrons. The topological polar surface area (TPSA) is 65.3 Å². The van der Waals surface area contributed by atoms with Crippen LogP contribution in [-0.4, -0.2) is 21.8 Å². The van der Waals surface area contributed by atoms with Gasteiger partial charge in [-0.05, 0) is 40.8 Å². The van der Waals surface area contributed by atoms with Crippen LogP contribution in [0.25, 0.3) is 0 Å². The first-order valence-electron chi connectivity index (χ1n) is 5.43. The van der Waals surface area contributed by atoms with E-state index in [9.17, 15) is 10.1 Å². The molecule has 0 aliphatic rings. The van der Waals surface area contributed by atoms with E-state index in [0.29, 0.717) is 12.5 Å². The van der Waals surface area contributed by atoms with Crippen molar-refractivity contribution in [2.24, 2.45) is 5.92 Å². The Bertz CT molecular complexity index is 373. The number of nitro groups is 1. The highest BCUT2D eigenvalue weighted by Gasteiger charge is 2.15. The Morgan fingerprint density at radius 2 is 2.35 bits per heavy atom. The Hall–Kier alpha value is -1.17. The summed E-state index contributed by atoms with van der Waals surface area (Å²) >= 11 is 3.38. The number of hydrogen-bond donors (Lipinski definition) is 0. The van der Waals surface area contributed by atoms with Crippen molar-refractivity contribution in [1.82, 2.24) is 4.98 Å². The fourth-order valence-corrected chi connectivity index (χ4v) is 2.11. The number of alkyl halides is 1. The third-order valence-electron chi connectivity index (χ3n) is 2.39. The molecule has 0 aliphatic heterocycles. The monoisotopic (exact) mass is 302 g/mol. The standard InChI is InChI=1S/C11H15BrN2O3/c1-9(4-6-12)5-8-17-10-3-2-7-13-11(10)14(15)16/h2-3,7,9H,4-6,8H2,1H3. The lowest BCUT2D eigenvalue weighted by atomic mass is 10.1. The van der Waals surface area contributed by atoms with Crippen LogP contribution in [-0.2, 0) is 0 Å². The predicted molar refractivity (Wildman–Crippen MR) is 68.6 cm³/mol. The molecule has 1 aromatic heterocycles. The van der Waals surface area contributed by atoms with E-state index in [-0.39, 0.29) is 11.6 Å². The third kappa shape index (κ3) is 4.68. The highest BCUT2D eigenvalue weighted by atomic mass is 79.9. The van der Waals surface area contributed by atoms with Gasteiger partial charge in [-0.15, -0.1) is 0 Å². The lowest BCUT2D eigenvalue weighted by molar-refractivity contribution is -0.390. The molecule has 1 aromatic rings. The molecule has 6 heteroatoms. The van der Waals surface area contributed by atoms with Crippen molar-refractivity contribution in [3.05, 3.63) is 28.4 Å². The van der Waals surface area contributed by atoms with E-state index in [0.717, 1.165) is 18.2 Å². The van der Waals surface area contributed by atoms with E-state index in [1.165, 1.54) is 6.20 Å². The van der Waals surface area contributed by atoms with Crippen LogP contribution >= 0.6 is 15.9 Å². The van der Waals surface area contributed by atoms with E-state index >= 15 is 0 Å². The molecule has 0 N–H and O–H groups in total. The van der Waals surface area contributed by atoms with Gasteiger partial charge in [0.2, 0.25) is 5.75 Å². The molecule has 1 rings (SSSR count). The van der Waals surface area contributed by atoms with Gasteiger partial charge in [0.25, 0.3) is 0 Å². The second-order valence-corrected chi connectivity index (χ2v) is 4.60. The first-order chi connectivity index (χ1) is 8.15. The number of hydrogen-bond acceptors (Lipinski definition) is 4. The summed E-state index contributed by atoms with van der Waals surface area (Å²) in [6, 6.07) is 3.20. The molecule has 1 atom stereocenters. The molecule has 0 aromatic carbocycles. The molecule has 0 aliphatic carbocycles. The molecule has 0 spiro atoms. The van der Waals surface area contributed by atoms with Crippen LogP contribution in [0.1, 0.15) is 19.8 Å². The minimum atomic E-state index is -0.531. The number of aromatic nitrogens is 1. The summed E-state index contributed by atoms with van der Waals surface area (Å²) in [6.45, 7) is 2.60. The predicted octanol–water partition coefficient (Wildman–Crippen LogP) is 3.18. The molecule has 1 heterocycles. The first kappa shape index (κ1) is 13.9. The molecule has 0 saturated heterocycles. The van der Waals surface area contributed by atoms with Gasteiger partial charge in [-0.1, -0.05) is 22.9 Å². The molecule has 94 valence electrons. The summed E-state index contributed by atoms with van der Waals surface area (Å²) < 4.78 is 5.40. The van der Waals surface area contributed by atoms with Crippen molar-refractivity contribution in [3.63, 3.8) is 0 Å². The maximum Gasteiger partial charge on any atom is 0.406 e. The second-order valence-electron chi connectivity index (χ2n) is 3.80. The maximum atomic E-state index is 10.7. The molecule has 1 unspecified atom stereocenters. The summed E-state index contributed by atoms with van der Waals surface area (Å²) in [6.07, 6.45) is 3.33. The molecule has 0 bridgehead atoms. The Morgan fingerprint density at radius 1 is 1.59 bits per heavy atom. The highest BCUT2D eigenvalue weighted by molar-refractivity contribution is 9.09. The average molecular weight is 303 g/mol. The Morgan fingerprint density at radius 3 is 3.00 bits per heavy atom. The van der Waals surface area contributed by atoms with Crippen LogP contribution in [0.5, 0.6) is 5.75 Å². The molecule has 0 saturated carbocycles. The Balaban J connectivity index is 2.49. The van der Waals surface area contributed by atoms with Gasteiger partial charge in [0.05, 0.1) is 6.61 Å². The smallest absolute Gasteiger partial charge is 0.406 e. The Labute approximate surface area is 108 Å². The summed E-state index contributed by atoms with van der Waals surface area (Å²) in [5.41, 5.74) is 0. The molecular formula is C11H15BrN2O3. The molecular weight excluding hydrogens is 288 g/mol. The van der Waals surface area contributed by atoms with Gasteiger partial charge < -0.3 is 14.9 Å². The maximum absolute atomic E-state index is 10.7. The van der Waals surface area contributed by atoms with Crippen molar-refractivity contribution in [3.8, 4) is 5.75 Å². The SMILES string of the molecule is CC(CCBr)CCOc1cccnc1[N+](=O)[O-]. The van der Waals surface area contributed by atoms with Crippen LogP contribution in [0.3, 0.4) is 0 Å². The average Bonchev–Trinajstić information content (AvgIpc) is 2.30. The van der Waals surface area contributed by atoms with Crippen molar-refractivity contribution < 1.29 is 9.66 Å². The number of ether oxygens (including phenoxy) is 1. The molecule has 0 fully saturated rings.